The Hall–Kier alpha value is -2.31. The third-order valence-electron chi connectivity index (χ3n) is 2.70. The maximum absolute atomic E-state index is 11.9. The van der Waals surface area contributed by atoms with Crippen LogP contribution in [0.25, 0.3) is 0 Å². The number of nitrogens with one attached hydrogen (secondary N) is 1. The number of aryl methyl sites for hydroxylation is 1. The van der Waals surface area contributed by atoms with Crippen LogP contribution < -0.4 is 11.1 Å². The number of primary amides is 1. The zero-order chi connectivity index (χ0) is 14.6. The fraction of sp³-hybridized carbons (Fsp3) is 0.417. The quantitative estimate of drug-likeness (QED) is 0.678. The standard InChI is InChI=1S/C12H17N3O4/c1-3-4-8(12(18)19)14-11(17)9-5-7(10(13)16)6-15(9)2/h5-6,8H,3-4H2,1-2H3,(H2,13,16)(H,14,17)(H,18,19). The van der Waals surface area contributed by atoms with E-state index in [1.54, 1.807) is 7.05 Å². The van der Waals surface area contributed by atoms with Crippen LogP contribution in [-0.4, -0.2) is 33.5 Å². The van der Waals surface area contributed by atoms with E-state index in [0.717, 1.165) is 0 Å². The molecule has 0 aromatic carbocycles. The average molecular weight is 267 g/mol. The summed E-state index contributed by atoms with van der Waals surface area (Å²) < 4.78 is 1.43. The van der Waals surface area contributed by atoms with Crippen molar-refractivity contribution in [3.63, 3.8) is 0 Å². The molecule has 7 nitrogen and oxygen atoms in total. The van der Waals surface area contributed by atoms with Crippen molar-refractivity contribution < 1.29 is 19.5 Å². The Balaban J connectivity index is 2.88. The van der Waals surface area contributed by atoms with Crippen LogP contribution in [-0.2, 0) is 11.8 Å². The number of aromatic nitrogens is 1. The zero-order valence-corrected chi connectivity index (χ0v) is 10.8. The van der Waals surface area contributed by atoms with Gasteiger partial charge in [-0.15, -0.1) is 0 Å². The summed E-state index contributed by atoms with van der Waals surface area (Å²) in [5.41, 5.74) is 5.51. The smallest absolute Gasteiger partial charge is 0.326 e. The number of carbonyl (C=O) groups is 3. The monoisotopic (exact) mass is 267 g/mol. The fourth-order valence-electron chi connectivity index (χ4n) is 1.70. The second-order valence-electron chi connectivity index (χ2n) is 4.24. The van der Waals surface area contributed by atoms with Gasteiger partial charge in [0.2, 0.25) is 5.91 Å². The molecule has 4 N–H and O–H groups in total. The molecule has 0 aliphatic heterocycles. The van der Waals surface area contributed by atoms with Gasteiger partial charge in [-0.05, 0) is 12.5 Å². The van der Waals surface area contributed by atoms with Gasteiger partial charge in [-0.3, -0.25) is 9.59 Å². The Bertz CT molecular complexity index is 507. The van der Waals surface area contributed by atoms with Gasteiger partial charge in [-0.1, -0.05) is 13.3 Å². The number of amides is 2. The number of carboxylic acids is 1. The number of carboxylic acid groups (broad SMARTS) is 1. The van der Waals surface area contributed by atoms with Gasteiger partial charge in [0.15, 0.2) is 0 Å². The van der Waals surface area contributed by atoms with Gasteiger partial charge in [0, 0.05) is 13.2 Å². The van der Waals surface area contributed by atoms with Crippen molar-refractivity contribution in [2.24, 2.45) is 12.8 Å². The highest BCUT2D eigenvalue weighted by Crippen LogP contribution is 2.08. The molecule has 1 aromatic heterocycles. The van der Waals surface area contributed by atoms with Crippen LogP contribution in [0.4, 0.5) is 0 Å². The molecule has 1 heterocycles. The van der Waals surface area contributed by atoms with Crippen LogP contribution in [0.15, 0.2) is 12.3 Å². The molecule has 7 heteroatoms. The van der Waals surface area contributed by atoms with Gasteiger partial charge in [0.25, 0.3) is 5.91 Å². The van der Waals surface area contributed by atoms with E-state index in [1.807, 2.05) is 6.92 Å². The first-order valence-corrected chi connectivity index (χ1v) is 5.86. The van der Waals surface area contributed by atoms with Crippen molar-refractivity contribution in [3.8, 4) is 0 Å². The Morgan fingerprint density at radius 3 is 2.53 bits per heavy atom. The normalized spacial score (nSPS) is 11.9. The molecule has 19 heavy (non-hydrogen) atoms. The maximum Gasteiger partial charge on any atom is 0.326 e. The minimum Gasteiger partial charge on any atom is -0.480 e. The van der Waals surface area contributed by atoms with Gasteiger partial charge in [0.05, 0.1) is 5.56 Å². The lowest BCUT2D eigenvalue weighted by molar-refractivity contribution is -0.139. The molecule has 0 spiro atoms. The minimum absolute atomic E-state index is 0.191. The summed E-state index contributed by atoms with van der Waals surface area (Å²) in [4.78, 5) is 33.9. The average Bonchev–Trinajstić information content (AvgIpc) is 2.70. The lowest BCUT2D eigenvalue weighted by atomic mass is 10.1. The van der Waals surface area contributed by atoms with E-state index in [9.17, 15) is 14.4 Å². The molecule has 0 saturated heterocycles. The summed E-state index contributed by atoms with van der Waals surface area (Å²) in [6.45, 7) is 1.83. The molecule has 0 aliphatic carbocycles. The molecule has 0 saturated carbocycles. The molecular weight excluding hydrogens is 250 g/mol. The summed E-state index contributed by atoms with van der Waals surface area (Å²) in [5, 5.41) is 11.4. The van der Waals surface area contributed by atoms with E-state index in [0.29, 0.717) is 12.8 Å². The van der Waals surface area contributed by atoms with Gasteiger partial charge in [-0.2, -0.15) is 0 Å². The Morgan fingerprint density at radius 1 is 1.47 bits per heavy atom. The molecule has 0 radical (unpaired) electrons. The predicted molar refractivity (Wildman–Crippen MR) is 67.7 cm³/mol. The molecule has 0 bridgehead atoms. The number of aliphatic carboxylic acids is 1. The van der Waals surface area contributed by atoms with Gasteiger partial charge in [0.1, 0.15) is 11.7 Å². The van der Waals surface area contributed by atoms with E-state index in [1.165, 1.54) is 16.8 Å². The summed E-state index contributed by atoms with van der Waals surface area (Å²) in [6, 6.07) is 0.395. The Labute approximate surface area is 110 Å². The van der Waals surface area contributed by atoms with Crippen LogP contribution in [0.2, 0.25) is 0 Å². The first kappa shape index (κ1) is 14.7. The summed E-state index contributed by atoms with van der Waals surface area (Å²) in [7, 11) is 1.58. The SMILES string of the molecule is CCCC(NC(=O)c1cc(C(N)=O)cn1C)C(=O)O. The molecule has 1 aromatic rings. The van der Waals surface area contributed by atoms with Gasteiger partial charge < -0.3 is 20.7 Å². The number of rotatable bonds is 6. The molecule has 1 unspecified atom stereocenters. The molecule has 0 fully saturated rings. The van der Waals surface area contributed by atoms with E-state index in [2.05, 4.69) is 5.32 Å². The van der Waals surface area contributed by atoms with E-state index in [4.69, 9.17) is 10.8 Å². The second kappa shape index (κ2) is 6.03. The van der Waals surface area contributed by atoms with Gasteiger partial charge in [-0.25, -0.2) is 4.79 Å². The molecule has 104 valence electrons. The maximum atomic E-state index is 11.9. The summed E-state index contributed by atoms with van der Waals surface area (Å²) >= 11 is 0. The van der Waals surface area contributed by atoms with Crippen molar-refractivity contribution in [1.29, 1.82) is 0 Å². The zero-order valence-electron chi connectivity index (χ0n) is 10.8. The van der Waals surface area contributed by atoms with E-state index in [-0.39, 0.29) is 11.3 Å². The second-order valence-corrected chi connectivity index (χ2v) is 4.24. The van der Waals surface area contributed by atoms with Crippen molar-refractivity contribution in [3.05, 3.63) is 23.5 Å². The predicted octanol–water partition coefficient (Wildman–Crippen LogP) is 0.107. The van der Waals surface area contributed by atoms with Crippen molar-refractivity contribution in [2.75, 3.05) is 0 Å². The number of carbonyl (C=O) groups excluding carboxylic acids is 2. The van der Waals surface area contributed by atoms with E-state index >= 15 is 0 Å². The van der Waals surface area contributed by atoms with Crippen molar-refractivity contribution in [1.82, 2.24) is 9.88 Å². The molecular formula is C12H17N3O4. The number of hydrogen-bond donors (Lipinski definition) is 3. The highest BCUT2D eigenvalue weighted by molar-refractivity contribution is 5.99. The molecule has 0 aliphatic rings. The van der Waals surface area contributed by atoms with Gasteiger partial charge >= 0.3 is 5.97 Å². The number of hydrogen-bond acceptors (Lipinski definition) is 3. The first-order chi connectivity index (χ1) is 8.86. The highest BCUT2D eigenvalue weighted by atomic mass is 16.4. The Kier molecular flexibility index (Phi) is 4.68. The van der Waals surface area contributed by atoms with Crippen LogP contribution in [0, 0.1) is 0 Å². The Morgan fingerprint density at radius 2 is 2.11 bits per heavy atom. The lowest BCUT2D eigenvalue weighted by Gasteiger charge is -2.13. The highest BCUT2D eigenvalue weighted by Gasteiger charge is 2.21. The third kappa shape index (κ3) is 3.57. The van der Waals surface area contributed by atoms with Crippen LogP contribution in [0.3, 0.4) is 0 Å². The van der Waals surface area contributed by atoms with Crippen LogP contribution in [0.5, 0.6) is 0 Å². The van der Waals surface area contributed by atoms with Crippen molar-refractivity contribution in [2.45, 2.75) is 25.8 Å². The van der Waals surface area contributed by atoms with E-state index < -0.39 is 23.8 Å². The summed E-state index contributed by atoms with van der Waals surface area (Å²) in [6.07, 6.45) is 2.40. The molecule has 1 rings (SSSR count). The topological polar surface area (TPSA) is 114 Å². The molecule has 2 amide bonds. The fourth-order valence-corrected chi connectivity index (χ4v) is 1.70. The molecule has 1 atom stereocenters. The number of nitrogens with two attached hydrogens (primary N) is 1. The largest absolute Gasteiger partial charge is 0.480 e. The third-order valence-corrected chi connectivity index (χ3v) is 2.70. The van der Waals surface area contributed by atoms with Crippen LogP contribution >= 0.6 is 0 Å². The first-order valence-electron chi connectivity index (χ1n) is 5.86. The lowest BCUT2D eigenvalue weighted by Crippen LogP contribution is -2.41. The van der Waals surface area contributed by atoms with Crippen LogP contribution in [0.1, 0.15) is 40.6 Å². The van der Waals surface area contributed by atoms with Crippen molar-refractivity contribution >= 4 is 17.8 Å². The minimum atomic E-state index is -1.08. The summed E-state index contributed by atoms with van der Waals surface area (Å²) in [5.74, 6) is -2.27. The number of nitrogens with zero attached hydrogens (tertiary/aromatic N) is 1.